The fourth-order valence-corrected chi connectivity index (χ4v) is 4.07. The zero-order valence-electron chi connectivity index (χ0n) is 17.1. The molecule has 0 amide bonds. The molecular weight excluding hydrogens is 366 g/mol. The molecule has 150 valence electrons. The number of hydrogen-bond acceptors (Lipinski definition) is 6. The molecule has 29 heavy (non-hydrogen) atoms. The SMILES string of the molecule is CC(=O)O/N=C1\CCN2CCCc3cc(C(=O)c4ccc(N(C)C)cc4)cc1c32. The van der Waals surface area contributed by atoms with Gasteiger partial charge in [-0.15, -0.1) is 0 Å². The molecule has 2 aromatic carbocycles. The number of nitrogens with zero attached hydrogens (tertiary/aromatic N) is 3. The van der Waals surface area contributed by atoms with Crippen molar-refractivity contribution in [2.45, 2.75) is 26.2 Å². The molecule has 0 spiro atoms. The molecule has 0 N–H and O–H groups in total. The number of hydrogen-bond donors (Lipinski definition) is 0. The van der Waals surface area contributed by atoms with Gasteiger partial charge in [-0.25, -0.2) is 4.79 Å². The van der Waals surface area contributed by atoms with Gasteiger partial charge in [0.25, 0.3) is 0 Å². The van der Waals surface area contributed by atoms with E-state index in [1.807, 2.05) is 55.4 Å². The van der Waals surface area contributed by atoms with Crippen molar-refractivity contribution in [3.63, 3.8) is 0 Å². The Morgan fingerprint density at radius 1 is 1.03 bits per heavy atom. The standard InChI is InChI=1S/C23H25N3O3/c1-15(27)29-24-21-10-12-26-11-4-5-17-13-18(14-20(21)22(17)26)23(28)16-6-8-19(9-7-16)25(2)3/h6-9,13-14H,4-5,10-12H2,1-3H3/b24-21+. The minimum absolute atomic E-state index is 0.0103. The Bertz CT molecular complexity index is 993. The van der Waals surface area contributed by atoms with Gasteiger partial charge in [-0.1, -0.05) is 5.16 Å². The van der Waals surface area contributed by atoms with E-state index in [1.54, 1.807) is 0 Å². The van der Waals surface area contributed by atoms with Crippen LogP contribution in [0.2, 0.25) is 0 Å². The van der Waals surface area contributed by atoms with Crippen LogP contribution in [0.5, 0.6) is 0 Å². The average molecular weight is 391 g/mol. The molecule has 0 aliphatic carbocycles. The van der Waals surface area contributed by atoms with Crippen LogP contribution in [0.4, 0.5) is 11.4 Å². The van der Waals surface area contributed by atoms with Crippen LogP contribution in [0.3, 0.4) is 0 Å². The molecule has 0 saturated carbocycles. The van der Waals surface area contributed by atoms with E-state index in [0.29, 0.717) is 17.5 Å². The van der Waals surface area contributed by atoms with Crippen molar-refractivity contribution in [2.24, 2.45) is 5.16 Å². The predicted octanol–water partition coefficient (Wildman–Crippen LogP) is 3.41. The van der Waals surface area contributed by atoms with Crippen LogP contribution in [-0.2, 0) is 16.1 Å². The van der Waals surface area contributed by atoms with E-state index in [0.717, 1.165) is 54.1 Å². The van der Waals surface area contributed by atoms with Crippen molar-refractivity contribution in [3.05, 3.63) is 58.7 Å². The summed E-state index contributed by atoms with van der Waals surface area (Å²) in [4.78, 5) is 33.7. The van der Waals surface area contributed by atoms with Gasteiger partial charge < -0.3 is 14.6 Å². The van der Waals surface area contributed by atoms with Crippen molar-refractivity contribution in [1.82, 2.24) is 0 Å². The zero-order valence-corrected chi connectivity index (χ0v) is 17.1. The van der Waals surface area contributed by atoms with Gasteiger partial charge in [-0.3, -0.25) is 4.79 Å². The highest BCUT2D eigenvalue weighted by molar-refractivity contribution is 6.13. The normalized spacial score (nSPS) is 16.4. The van der Waals surface area contributed by atoms with E-state index in [4.69, 9.17) is 4.84 Å². The Morgan fingerprint density at radius 3 is 2.48 bits per heavy atom. The molecule has 0 atom stereocenters. The molecule has 4 rings (SSSR count). The van der Waals surface area contributed by atoms with Gasteiger partial charge in [0, 0.05) is 68.6 Å². The number of ketones is 1. The summed E-state index contributed by atoms with van der Waals surface area (Å²) in [5.41, 5.74) is 6.29. The van der Waals surface area contributed by atoms with Crippen molar-refractivity contribution in [3.8, 4) is 0 Å². The smallest absolute Gasteiger partial charge is 0.331 e. The lowest BCUT2D eigenvalue weighted by Gasteiger charge is -2.37. The summed E-state index contributed by atoms with van der Waals surface area (Å²) in [7, 11) is 3.95. The Labute approximate surface area is 170 Å². The molecule has 2 heterocycles. The molecular formula is C23H25N3O3. The van der Waals surface area contributed by atoms with Gasteiger partial charge in [-0.05, 0) is 54.8 Å². The van der Waals surface area contributed by atoms with Gasteiger partial charge in [0.2, 0.25) is 0 Å². The van der Waals surface area contributed by atoms with Crippen LogP contribution in [0, 0.1) is 0 Å². The lowest BCUT2D eigenvalue weighted by molar-refractivity contribution is -0.140. The quantitative estimate of drug-likeness (QED) is 0.454. The fourth-order valence-electron chi connectivity index (χ4n) is 4.07. The summed E-state index contributed by atoms with van der Waals surface area (Å²) in [6.45, 7) is 3.19. The van der Waals surface area contributed by atoms with Crippen LogP contribution in [-0.4, -0.2) is 44.6 Å². The van der Waals surface area contributed by atoms with Crippen LogP contribution in [0.1, 0.15) is 46.8 Å². The Hall–Kier alpha value is -3.15. The summed E-state index contributed by atoms with van der Waals surface area (Å²) in [6.07, 6.45) is 2.69. The monoisotopic (exact) mass is 391 g/mol. The molecule has 0 fully saturated rings. The Morgan fingerprint density at radius 2 is 1.79 bits per heavy atom. The molecule has 0 radical (unpaired) electrons. The lowest BCUT2D eigenvalue weighted by Crippen LogP contribution is -2.37. The molecule has 0 aromatic heterocycles. The average Bonchev–Trinajstić information content (AvgIpc) is 2.72. The van der Waals surface area contributed by atoms with Crippen molar-refractivity contribution >= 4 is 28.8 Å². The van der Waals surface area contributed by atoms with Crippen molar-refractivity contribution in [1.29, 1.82) is 0 Å². The highest BCUT2D eigenvalue weighted by Crippen LogP contribution is 2.37. The van der Waals surface area contributed by atoms with Gasteiger partial charge in [-0.2, -0.15) is 0 Å². The molecule has 2 aliphatic heterocycles. The first-order valence-corrected chi connectivity index (χ1v) is 9.93. The highest BCUT2D eigenvalue weighted by atomic mass is 16.7. The second kappa shape index (κ2) is 7.70. The number of benzene rings is 2. The van der Waals surface area contributed by atoms with Gasteiger partial charge in [0.05, 0.1) is 5.71 Å². The molecule has 0 bridgehead atoms. The van der Waals surface area contributed by atoms with Crippen molar-refractivity contribution < 1.29 is 14.4 Å². The van der Waals surface area contributed by atoms with E-state index in [-0.39, 0.29) is 5.78 Å². The Balaban J connectivity index is 1.75. The number of aryl methyl sites for hydroxylation is 1. The molecule has 2 aliphatic rings. The summed E-state index contributed by atoms with van der Waals surface area (Å²) in [5.74, 6) is -0.453. The first-order chi connectivity index (χ1) is 13.9. The third-order valence-electron chi connectivity index (χ3n) is 5.50. The molecule has 0 unspecified atom stereocenters. The third kappa shape index (κ3) is 3.75. The largest absolute Gasteiger partial charge is 0.378 e. The van der Waals surface area contributed by atoms with Crippen molar-refractivity contribution in [2.75, 3.05) is 37.0 Å². The molecule has 6 heteroatoms. The van der Waals surface area contributed by atoms with Crippen LogP contribution in [0.25, 0.3) is 0 Å². The summed E-state index contributed by atoms with van der Waals surface area (Å²) in [5, 5.41) is 4.09. The number of rotatable bonds is 4. The number of carbonyl (C=O) groups is 2. The first kappa shape index (κ1) is 19.2. The lowest BCUT2D eigenvalue weighted by atomic mass is 9.87. The molecule has 2 aromatic rings. The fraction of sp³-hybridized carbons (Fsp3) is 0.348. The van der Waals surface area contributed by atoms with E-state index in [9.17, 15) is 9.59 Å². The number of carbonyl (C=O) groups excluding carboxylic acids is 2. The van der Waals surface area contributed by atoms with Gasteiger partial charge in [0.1, 0.15) is 0 Å². The number of oxime groups is 1. The first-order valence-electron chi connectivity index (χ1n) is 9.93. The molecule has 6 nitrogen and oxygen atoms in total. The highest BCUT2D eigenvalue weighted by Gasteiger charge is 2.29. The van der Waals surface area contributed by atoms with E-state index in [1.165, 1.54) is 6.92 Å². The predicted molar refractivity (Wildman–Crippen MR) is 114 cm³/mol. The summed E-state index contributed by atoms with van der Waals surface area (Å²) < 4.78 is 0. The maximum absolute atomic E-state index is 13.2. The second-order valence-electron chi connectivity index (χ2n) is 7.76. The van der Waals surface area contributed by atoms with Crippen LogP contribution in [0.15, 0.2) is 41.6 Å². The third-order valence-corrected chi connectivity index (χ3v) is 5.50. The van der Waals surface area contributed by atoms with E-state index < -0.39 is 5.97 Å². The van der Waals surface area contributed by atoms with E-state index in [2.05, 4.69) is 10.1 Å². The second-order valence-corrected chi connectivity index (χ2v) is 7.76. The number of anilines is 2. The van der Waals surface area contributed by atoms with Crippen LogP contribution < -0.4 is 9.80 Å². The van der Waals surface area contributed by atoms with Crippen LogP contribution >= 0.6 is 0 Å². The minimum atomic E-state index is -0.443. The zero-order chi connectivity index (χ0) is 20.5. The minimum Gasteiger partial charge on any atom is -0.378 e. The van der Waals surface area contributed by atoms with Gasteiger partial charge in [0.15, 0.2) is 5.78 Å². The Kier molecular flexibility index (Phi) is 5.09. The molecule has 0 saturated heterocycles. The van der Waals surface area contributed by atoms with E-state index >= 15 is 0 Å². The topological polar surface area (TPSA) is 62.2 Å². The maximum Gasteiger partial charge on any atom is 0.331 e. The summed E-state index contributed by atoms with van der Waals surface area (Å²) >= 11 is 0. The van der Waals surface area contributed by atoms with Gasteiger partial charge >= 0.3 is 5.97 Å². The maximum atomic E-state index is 13.2. The summed E-state index contributed by atoms with van der Waals surface area (Å²) in [6, 6.07) is 11.5.